The van der Waals surface area contributed by atoms with Crippen LogP contribution in [0.5, 0.6) is 11.5 Å². The Morgan fingerprint density at radius 3 is 2.27 bits per heavy atom. The minimum Gasteiger partial charge on any atom is -0.484 e. The molecule has 2 amide bonds. The van der Waals surface area contributed by atoms with Crippen molar-refractivity contribution < 1.29 is 43.3 Å². The van der Waals surface area contributed by atoms with E-state index in [-0.39, 0.29) is 29.2 Å². The first-order valence-electron chi connectivity index (χ1n) is 13.3. The predicted octanol–water partition coefficient (Wildman–Crippen LogP) is 3.89. The van der Waals surface area contributed by atoms with Crippen LogP contribution in [0, 0.1) is 0 Å². The maximum absolute atomic E-state index is 13.8. The number of Topliss-reactive ketones (excluding diaryl/α,β-unsaturated/α-hetero) is 3. The van der Waals surface area contributed by atoms with Crippen LogP contribution in [0.4, 0.5) is 11.4 Å². The second-order valence-electron chi connectivity index (χ2n) is 9.70. The van der Waals surface area contributed by atoms with Crippen LogP contribution >= 0.6 is 0 Å². The van der Waals surface area contributed by atoms with E-state index in [1.165, 1.54) is 54.6 Å². The molecule has 220 valence electrons. The van der Waals surface area contributed by atoms with Crippen LogP contribution in [0.3, 0.4) is 0 Å². The number of carboxylic acid groups (broad SMARTS) is 1. The van der Waals surface area contributed by atoms with Crippen LogP contribution in [0.15, 0.2) is 97.1 Å². The minimum atomic E-state index is -1.60. The van der Waals surface area contributed by atoms with Crippen LogP contribution in [0.25, 0.3) is 0 Å². The quantitative estimate of drug-likeness (QED) is 0.213. The Kier molecular flexibility index (Phi) is 8.57. The molecule has 0 spiro atoms. The molecule has 4 aliphatic heterocycles. The molecule has 8 rings (SSSR count). The zero-order chi connectivity index (χ0) is 31.2. The molecule has 4 bridgehead atoms. The molecule has 3 N–H and O–H groups in total. The molecular weight excluding hydrogens is 568 g/mol. The van der Waals surface area contributed by atoms with Crippen LogP contribution in [-0.2, 0) is 19.2 Å². The van der Waals surface area contributed by atoms with Gasteiger partial charge in [-0.25, -0.2) is 4.79 Å². The molecule has 0 saturated heterocycles. The Hall–Kier alpha value is -6.10. The summed E-state index contributed by atoms with van der Waals surface area (Å²) >= 11 is 0. The molecule has 4 aromatic carbocycles. The Bertz CT molecular complexity index is 1770. The van der Waals surface area contributed by atoms with E-state index in [1.54, 1.807) is 42.5 Å². The average molecular weight is 593 g/mol. The van der Waals surface area contributed by atoms with Crippen molar-refractivity contribution in [3.8, 4) is 11.5 Å². The summed E-state index contributed by atoms with van der Waals surface area (Å²) in [5.74, 6) is -5.85. The van der Waals surface area contributed by atoms with Crippen molar-refractivity contribution in [2.24, 2.45) is 0 Å². The standard InChI is InChI=1S/C33H24N2O9/c36-27-17-43-23-11-6-20(7-12-23)30(38)32(40)29(19-4-2-1-3-5-19)25-15-10-22(34-27)16-26(25)35-28(37)18-44-24-13-8-21(9-14-24)31(39)33(41)42/h1-16,29H,17-18H2,(H,34,36)(H,35,37)(H,41,42). The van der Waals surface area contributed by atoms with Crippen molar-refractivity contribution in [2.75, 3.05) is 23.8 Å². The lowest BCUT2D eigenvalue weighted by Crippen LogP contribution is -2.26. The maximum Gasteiger partial charge on any atom is 0.377 e. The van der Waals surface area contributed by atoms with Gasteiger partial charge in [-0.1, -0.05) is 36.4 Å². The van der Waals surface area contributed by atoms with Crippen molar-refractivity contribution in [3.05, 3.63) is 119 Å². The van der Waals surface area contributed by atoms with E-state index in [2.05, 4.69) is 10.6 Å². The van der Waals surface area contributed by atoms with Gasteiger partial charge in [-0.15, -0.1) is 0 Å². The lowest BCUT2D eigenvalue weighted by Gasteiger charge is -2.21. The number of hydrogen-bond donors (Lipinski definition) is 3. The molecule has 4 aliphatic rings. The first kappa shape index (κ1) is 29.4. The molecule has 11 nitrogen and oxygen atoms in total. The zero-order valence-corrected chi connectivity index (χ0v) is 22.9. The molecule has 1 unspecified atom stereocenters. The normalized spacial score (nSPS) is 14.5. The predicted molar refractivity (Wildman–Crippen MR) is 157 cm³/mol. The van der Waals surface area contributed by atoms with Gasteiger partial charge in [0.05, 0.1) is 5.92 Å². The lowest BCUT2D eigenvalue weighted by atomic mass is 9.83. The number of carbonyl (C=O) groups is 6. The van der Waals surface area contributed by atoms with Gasteiger partial charge < -0.3 is 25.2 Å². The molecule has 0 saturated carbocycles. The Morgan fingerprint density at radius 1 is 0.886 bits per heavy atom. The summed E-state index contributed by atoms with van der Waals surface area (Å²) in [5.41, 5.74) is 1.34. The van der Waals surface area contributed by atoms with Gasteiger partial charge in [0.15, 0.2) is 13.2 Å². The smallest absolute Gasteiger partial charge is 0.377 e. The molecule has 4 heterocycles. The number of anilines is 2. The highest BCUT2D eigenvalue weighted by atomic mass is 16.5. The van der Waals surface area contributed by atoms with Gasteiger partial charge in [-0.05, 0) is 71.8 Å². The van der Waals surface area contributed by atoms with Gasteiger partial charge in [-0.2, -0.15) is 0 Å². The molecule has 0 fully saturated rings. The average Bonchev–Trinajstić information content (AvgIpc) is 3.04. The van der Waals surface area contributed by atoms with Gasteiger partial charge in [0.2, 0.25) is 11.6 Å². The number of hydrogen-bond acceptors (Lipinski definition) is 8. The fraction of sp³-hybridized carbons (Fsp3) is 0.0909. The third-order valence-electron chi connectivity index (χ3n) is 6.71. The fourth-order valence-electron chi connectivity index (χ4n) is 4.59. The van der Waals surface area contributed by atoms with Crippen LogP contribution in [0.1, 0.15) is 37.8 Å². The highest BCUT2D eigenvalue weighted by Crippen LogP contribution is 2.35. The van der Waals surface area contributed by atoms with E-state index in [4.69, 9.17) is 14.6 Å². The highest BCUT2D eigenvalue weighted by molar-refractivity contribution is 6.46. The van der Waals surface area contributed by atoms with Crippen molar-refractivity contribution in [2.45, 2.75) is 5.92 Å². The lowest BCUT2D eigenvalue weighted by molar-refractivity contribution is -0.131. The maximum atomic E-state index is 13.8. The van der Waals surface area contributed by atoms with Crippen molar-refractivity contribution >= 4 is 46.5 Å². The number of rotatable bonds is 7. The van der Waals surface area contributed by atoms with E-state index < -0.39 is 47.7 Å². The topological polar surface area (TPSA) is 165 Å². The third kappa shape index (κ3) is 6.68. The highest BCUT2D eigenvalue weighted by Gasteiger charge is 2.32. The molecule has 0 aromatic heterocycles. The number of carbonyl (C=O) groups excluding carboxylic acids is 5. The monoisotopic (exact) mass is 592 g/mol. The minimum absolute atomic E-state index is 0.0550. The van der Waals surface area contributed by atoms with E-state index in [9.17, 15) is 28.8 Å². The Labute approximate surface area is 250 Å². The summed E-state index contributed by atoms with van der Waals surface area (Å²) < 4.78 is 11.0. The first-order chi connectivity index (χ1) is 21.2. The number of benzene rings is 4. The SMILES string of the molecule is O=C1COc2ccc(cc2)C(=O)C(=O)C(c2ccccc2)c2ccc(cc2NC(=O)COc2ccc(C(=O)C(=O)O)cc2)N1. The molecule has 1 atom stereocenters. The fourth-order valence-corrected chi connectivity index (χ4v) is 4.59. The third-order valence-corrected chi connectivity index (χ3v) is 6.71. The number of aliphatic carboxylic acids is 1. The van der Waals surface area contributed by atoms with Crippen LogP contribution in [0.2, 0.25) is 0 Å². The van der Waals surface area contributed by atoms with E-state index >= 15 is 0 Å². The largest absolute Gasteiger partial charge is 0.484 e. The van der Waals surface area contributed by atoms with E-state index in [1.807, 2.05) is 0 Å². The summed E-state index contributed by atoms with van der Waals surface area (Å²) in [5, 5.41) is 14.3. The van der Waals surface area contributed by atoms with Gasteiger partial charge in [0.25, 0.3) is 17.6 Å². The summed E-state index contributed by atoms with van der Waals surface area (Å²) in [6.07, 6.45) is 0. The summed E-state index contributed by atoms with van der Waals surface area (Å²) in [7, 11) is 0. The summed E-state index contributed by atoms with van der Waals surface area (Å²) in [4.78, 5) is 75.4. The number of ketones is 3. The van der Waals surface area contributed by atoms with Gasteiger partial charge in [0.1, 0.15) is 11.5 Å². The number of ether oxygens (including phenoxy) is 2. The Balaban J connectivity index is 1.47. The second-order valence-corrected chi connectivity index (χ2v) is 9.70. The molecule has 0 radical (unpaired) electrons. The van der Waals surface area contributed by atoms with Gasteiger partial charge in [-0.3, -0.25) is 24.0 Å². The van der Waals surface area contributed by atoms with Crippen molar-refractivity contribution in [1.82, 2.24) is 0 Å². The van der Waals surface area contributed by atoms with Crippen LogP contribution in [-0.4, -0.2) is 53.5 Å². The molecule has 0 aliphatic carbocycles. The van der Waals surface area contributed by atoms with Gasteiger partial charge >= 0.3 is 5.97 Å². The van der Waals surface area contributed by atoms with Crippen molar-refractivity contribution in [1.29, 1.82) is 0 Å². The van der Waals surface area contributed by atoms with Gasteiger partial charge in [0, 0.05) is 22.5 Å². The summed E-state index contributed by atoms with van der Waals surface area (Å²) in [6, 6.07) is 24.3. The first-order valence-corrected chi connectivity index (χ1v) is 13.3. The molecular formula is C33H24N2O9. The van der Waals surface area contributed by atoms with E-state index in [0.717, 1.165) is 0 Å². The zero-order valence-electron chi connectivity index (χ0n) is 22.9. The van der Waals surface area contributed by atoms with E-state index in [0.29, 0.717) is 22.6 Å². The molecule has 44 heavy (non-hydrogen) atoms. The summed E-state index contributed by atoms with van der Waals surface area (Å²) in [6.45, 7) is -0.821. The second kappa shape index (κ2) is 12.8. The molecule has 4 aromatic rings. The number of carboxylic acids is 1. The number of nitrogens with one attached hydrogen (secondary N) is 2. The Morgan fingerprint density at radius 2 is 1.59 bits per heavy atom. The number of amides is 2. The molecule has 11 heteroatoms. The van der Waals surface area contributed by atoms with Crippen LogP contribution < -0.4 is 20.1 Å². The van der Waals surface area contributed by atoms with Crippen molar-refractivity contribution in [3.63, 3.8) is 0 Å².